The fraction of sp³-hybridized carbons (Fsp3) is 0.435. The van der Waals surface area contributed by atoms with Gasteiger partial charge in [-0.1, -0.05) is 30.3 Å². The number of rotatable bonds is 4. The number of carbonyl (C=O) groups excluding carboxylic acids is 1. The van der Waals surface area contributed by atoms with Gasteiger partial charge in [-0.05, 0) is 47.2 Å². The van der Waals surface area contributed by atoms with Crippen LogP contribution in [0.5, 0.6) is 0 Å². The molecule has 0 bridgehead atoms. The number of aliphatic hydroxyl groups is 5. The number of benzene rings is 2. The van der Waals surface area contributed by atoms with Crippen LogP contribution in [0.4, 0.5) is 0 Å². The van der Waals surface area contributed by atoms with Crippen molar-refractivity contribution < 1.29 is 35.1 Å². The first-order chi connectivity index (χ1) is 14.8. The van der Waals surface area contributed by atoms with Crippen LogP contribution >= 0.6 is 0 Å². The van der Waals surface area contributed by atoms with Crippen LogP contribution in [0.1, 0.15) is 33.2 Å². The Hall–Kier alpha value is -2.33. The van der Waals surface area contributed by atoms with Gasteiger partial charge in [0.15, 0.2) is 0 Å². The predicted octanol–water partition coefficient (Wildman–Crippen LogP) is -0.176. The minimum atomic E-state index is -1.55. The molecular formula is C23H27NO7. The van der Waals surface area contributed by atoms with E-state index in [1.54, 1.807) is 19.1 Å². The Labute approximate surface area is 179 Å². The normalized spacial score (nSPS) is 29.2. The monoisotopic (exact) mass is 429 g/mol. The number of nitrogens with one attached hydrogen (secondary N) is 1. The molecule has 0 aromatic heterocycles. The molecule has 0 saturated carbocycles. The summed E-state index contributed by atoms with van der Waals surface area (Å²) >= 11 is 0. The van der Waals surface area contributed by atoms with E-state index >= 15 is 0 Å². The van der Waals surface area contributed by atoms with E-state index in [-0.39, 0.29) is 5.91 Å². The molecule has 0 spiro atoms. The van der Waals surface area contributed by atoms with Crippen LogP contribution in [0.3, 0.4) is 0 Å². The fourth-order valence-corrected chi connectivity index (χ4v) is 4.35. The van der Waals surface area contributed by atoms with E-state index in [1.807, 2.05) is 24.3 Å². The average molecular weight is 429 g/mol. The third-order valence-corrected chi connectivity index (χ3v) is 6.20. The molecule has 1 saturated heterocycles. The highest BCUT2D eigenvalue weighted by Gasteiger charge is 2.46. The van der Waals surface area contributed by atoms with Crippen LogP contribution in [0.15, 0.2) is 36.4 Å². The summed E-state index contributed by atoms with van der Waals surface area (Å²) in [5.41, 5.74) is 4.62. The lowest BCUT2D eigenvalue weighted by atomic mass is 9.87. The molecule has 166 valence electrons. The maximum absolute atomic E-state index is 12.1. The summed E-state index contributed by atoms with van der Waals surface area (Å²) in [6, 6.07) is 11.1. The highest BCUT2D eigenvalue weighted by atomic mass is 16.6. The summed E-state index contributed by atoms with van der Waals surface area (Å²) in [7, 11) is 0. The summed E-state index contributed by atoms with van der Waals surface area (Å²) in [4.78, 5) is 12.1. The second-order valence-electron chi connectivity index (χ2n) is 8.19. The van der Waals surface area contributed by atoms with Gasteiger partial charge in [0.2, 0.25) is 0 Å². The number of aryl methyl sites for hydroxylation is 1. The molecular weight excluding hydrogens is 402 g/mol. The summed E-state index contributed by atoms with van der Waals surface area (Å²) in [5, 5.41) is 53.3. The van der Waals surface area contributed by atoms with Crippen LogP contribution in [-0.2, 0) is 11.2 Å². The Bertz CT molecular complexity index is 976. The second-order valence-corrected chi connectivity index (χ2v) is 8.19. The molecule has 0 aliphatic carbocycles. The van der Waals surface area contributed by atoms with E-state index in [4.69, 9.17) is 4.74 Å². The van der Waals surface area contributed by atoms with E-state index in [0.717, 1.165) is 28.7 Å². The lowest BCUT2D eigenvalue weighted by Gasteiger charge is -2.42. The third-order valence-electron chi connectivity index (χ3n) is 6.20. The number of ether oxygens (including phenoxy) is 1. The van der Waals surface area contributed by atoms with E-state index in [1.165, 1.54) is 0 Å². The molecule has 2 aliphatic rings. The first kappa shape index (κ1) is 21.9. The van der Waals surface area contributed by atoms with Crippen molar-refractivity contribution in [2.45, 2.75) is 50.0 Å². The van der Waals surface area contributed by atoms with Gasteiger partial charge in [0.1, 0.15) is 36.6 Å². The van der Waals surface area contributed by atoms with Gasteiger partial charge < -0.3 is 35.6 Å². The van der Waals surface area contributed by atoms with E-state index < -0.39 is 43.2 Å². The summed E-state index contributed by atoms with van der Waals surface area (Å²) in [5.74, 6) is -0.0884. The second kappa shape index (κ2) is 8.66. The van der Waals surface area contributed by atoms with Gasteiger partial charge in [-0.2, -0.15) is 0 Å². The molecule has 2 aromatic rings. The Morgan fingerprint density at radius 3 is 2.48 bits per heavy atom. The maximum Gasteiger partial charge on any atom is 0.251 e. The quantitative estimate of drug-likeness (QED) is 0.396. The van der Waals surface area contributed by atoms with Crippen molar-refractivity contribution in [2.75, 3.05) is 13.2 Å². The fourth-order valence-electron chi connectivity index (χ4n) is 4.35. The smallest absolute Gasteiger partial charge is 0.251 e. The summed E-state index contributed by atoms with van der Waals surface area (Å²) in [6.07, 6.45) is -7.34. The van der Waals surface area contributed by atoms with Gasteiger partial charge in [0.05, 0.1) is 6.61 Å². The minimum Gasteiger partial charge on any atom is -0.394 e. The first-order valence-electron chi connectivity index (χ1n) is 10.3. The summed E-state index contributed by atoms with van der Waals surface area (Å²) in [6.45, 7) is 1.88. The number of fused-ring (bicyclic) bond motifs is 1. The van der Waals surface area contributed by atoms with Crippen molar-refractivity contribution in [1.29, 1.82) is 0 Å². The van der Waals surface area contributed by atoms with Gasteiger partial charge in [0.25, 0.3) is 5.91 Å². The maximum atomic E-state index is 12.1. The Balaban J connectivity index is 1.60. The lowest BCUT2D eigenvalue weighted by molar-refractivity contribution is -0.250. The molecule has 8 nitrogen and oxygen atoms in total. The number of carbonyl (C=O) groups is 1. The van der Waals surface area contributed by atoms with Gasteiger partial charge in [-0.3, -0.25) is 4.79 Å². The van der Waals surface area contributed by atoms with Crippen molar-refractivity contribution in [3.05, 3.63) is 58.7 Å². The predicted molar refractivity (Wildman–Crippen MR) is 111 cm³/mol. The van der Waals surface area contributed by atoms with Gasteiger partial charge in [0, 0.05) is 12.1 Å². The SMILES string of the molecule is Cc1cc(-c2ccc3c(c2)C(=O)NCC3)ccc1[C@H](O)[C@H]1OC(CO)[C@@H](O)[C@H](O)C1O. The highest BCUT2D eigenvalue weighted by molar-refractivity contribution is 5.98. The van der Waals surface area contributed by atoms with Crippen molar-refractivity contribution in [3.8, 4) is 11.1 Å². The molecule has 0 radical (unpaired) electrons. The Morgan fingerprint density at radius 1 is 1.06 bits per heavy atom. The standard InChI is InChI=1S/C23H27NO7/c1-11-8-13(14-3-2-12-6-7-24-23(30)16(12)9-14)4-5-15(11)18(26)22-21(29)20(28)19(27)17(10-25)31-22/h2-5,8-9,17-22,25-29H,6-7,10H2,1H3,(H,24,30)/t17?,18-,19+,20-,21?,22+/m0/s1. The zero-order chi connectivity index (χ0) is 22.3. The third kappa shape index (κ3) is 3.98. The molecule has 2 aromatic carbocycles. The first-order valence-corrected chi connectivity index (χ1v) is 10.3. The molecule has 6 N–H and O–H groups in total. The zero-order valence-electron chi connectivity index (χ0n) is 17.1. The van der Waals surface area contributed by atoms with E-state index in [0.29, 0.717) is 17.7 Å². The summed E-state index contributed by atoms with van der Waals surface area (Å²) < 4.78 is 5.49. The molecule has 2 aliphatic heterocycles. The number of hydrogen-bond donors (Lipinski definition) is 6. The zero-order valence-corrected chi connectivity index (χ0v) is 17.1. The Kier molecular flexibility index (Phi) is 6.11. The topological polar surface area (TPSA) is 139 Å². The highest BCUT2D eigenvalue weighted by Crippen LogP contribution is 2.33. The van der Waals surface area contributed by atoms with Gasteiger partial charge in [-0.15, -0.1) is 0 Å². The number of hydrogen-bond acceptors (Lipinski definition) is 7. The molecule has 1 amide bonds. The Morgan fingerprint density at radius 2 is 1.77 bits per heavy atom. The molecule has 4 rings (SSSR count). The number of amides is 1. The van der Waals surface area contributed by atoms with E-state index in [2.05, 4.69) is 5.32 Å². The van der Waals surface area contributed by atoms with Crippen molar-refractivity contribution in [2.24, 2.45) is 0 Å². The van der Waals surface area contributed by atoms with Gasteiger partial charge in [-0.25, -0.2) is 0 Å². The van der Waals surface area contributed by atoms with Crippen LogP contribution in [-0.4, -0.2) is 75.1 Å². The van der Waals surface area contributed by atoms with Crippen LogP contribution in [0.25, 0.3) is 11.1 Å². The molecule has 8 heteroatoms. The molecule has 6 atom stereocenters. The van der Waals surface area contributed by atoms with Crippen LogP contribution in [0, 0.1) is 6.92 Å². The lowest BCUT2D eigenvalue weighted by Crippen LogP contribution is -2.59. The van der Waals surface area contributed by atoms with Crippen molar-refractivity contribution in [3.63, 3.8) is 0 Å². The molecule has 2 heterocycles. The van der Waals surface area contributed by atoms with Crippen molar-refractivity contribution in [1.82, 2.24) is 5.32 Å². The molecule has 31 heavy (non-hydrogen) atoms. The van der Waals surface area contributed by atoms with Crippen LogP contribution in [0.2, 0.25) is 0 Å². The average Bonchev–Trinajstić information content (AvgIpc) is 2.77. The minimum absolute atomic E-state index is 0.0884. The number of aliphatic hydroxyl groups excluding tert-OH is 5. The van der Waals surface area contributed by atoms with Crippen molar-refractivity contribution >= 4 is 5.91 Å². The van der Waals surface area contributed by atoms with Crippen LogP contribution < -0.4 is 5.32 Å². The molecule has 2 unspecified atom stereocenters. The van der Waals surface area contributed by atoms with E-state index in [9.17, 15) is 30.3 Å². The molecule has 1 fully saturated rings. The van der Waals surface area contributed by atoms with Gasteiger partial charge >= 0.3 is 0 Å². The largest absolute Gasteiger partial charge is 0.394 e.